The zero-order valence-corrected chi connectivity index (χ0v) is 10.9. The number of rotatable bonds is 3. The molecule has 2 aromatic rings. The lowest BCUT2D eigenvalue weighted by atomic mass is 10.1. The molecule has 0 atom stereocenters. The number of fused-ring (bicyclic) bond motifs is 1. The number of ketones is 1. The number of allylic oxidation sites excluding steroid dienone is 2. The van der Waals surface area contributed by atoms with Crippen LogP contribution in [0.15, 0.2) is 48.8 Å². The van der Waals surface area contributed by atoms with Crippen LogP contribution in [0, 0.1) is 0 Å². The first-order valence-electron chi connectivity index (χ1n) is 6.42. The van der Waals surface area contributed by atoms with E-state index in [0.717, 1.165) is 16.5 Å². The molecule has 4 heteroatoms. The molecule has 1 amide bonds. The summed E-state index contributed by atoms with van der Waals surface area (Å²) in [7, 11) is 0. The number of nitrogens with zero attached hydrogens (tertiary/aromatic N) is 1. The summed E-state index contributed by atoms with van der Waals surface area (Å²) >= 11 is 0. The van der Waals surface area contributed by atoms with Gasteiger partial charge in [-0.05, 0) is 12.1 Å². The van der Waals surface area contributed by atoms with Crippen molar-refractivity contribution in [2.45, 2.75) is 13.0 Å². The lowest BCUT2D eigenvalue weighted by Crippen LogP contribution is -2.12. The Hall–Kier alpha value is -2.62. The molecule has 0 aliphatic carbocycles. The highest BCUT2D eigenvalue weighted by atomic mass is 16.2. The van der Waals surface area contributed by atoms with Gasteiger partial charge >= 0.3 is 0 Å². The molecule has 0 unspecified atom stereocenters. The monoisotopic (exact) mass is 266 g/mol. The van der Waals surface area contributed by atoms with Crippen LogP contribution in [0.25, 0.3) is 17.0 Å². The highest BCUT2D eigenvalue weighted by molar-refractivity contribution is 6.17. The van der Waals surface area contributed by atoms with Gasteiger partial charge < -0.3 is 9.88 Å². The van der Waals surface area contributed by atoms with E-state index in [1.165, 1.54) is 0 Å². The number of carbonyl (C=O) groups excluding carboxylic acids is 2. The third kappa shape index (κ3) is 2.05. The number of benzene rings is 1. The van der Waals surface area contributed by atoms with Crippen molar-refractivity contribution in [1.82, 2.24) is 9.88 Å². The second kappa shape index (κ2) is 4.81. The second-order valence-corrected chi connectivity index (χ2v) is 4.75. The first-order valence-corrected chi connectivity index (χ1v) is 6.42. The van der Waals surface area contributed by atoms with Crippen molar-refractivity contribution < 1.29 is 9.59 Å². The van der Waals surface area contributed by atoms with E-state index >= 15 is 0 Å². The van der Waals surface area contributed by atoms with Crippen molar-refractivity contribution in [3.8, 4) is 0 Å². The summed E-state index contributed by atoms with van der Waals surface area (Å²) in [6.45, 7) is 4.45. The lowest BCUT2D eigenvalue weighted by molar-refractivity contribution is -0.121. The van der Waals surface area contributed by atoms with Gasteiger partial charge in [0.15, 0.2) is 5.78 Å². The van der Waals surface area contributed by atoms with Crippen LogP contribution in [0.5, 0.6) is 0 Å². The van der Waals surface area contributed by atoms with Crippen LogP contribution >= 0.6 is 0 Å². The number of hydrogen-bond acceptors (Lipinski definition) is 2. The fraction of sp³-hybridized carbons (Fsp3) is 0.125. The van der Waals surface area contributed by atoms with E-state index in [9.17, 15) is 9.59 Å². The van der Waals surface area contributed by atoms with E-state index in [4.69, 9.17) is 0 Å². The van der Waals surface area contributed by atoms with Gasteiger partial charge in [0.1, 0.15) is 0 Å². The van der Waals surface area contributed by atoms with Crippen LogP contribution in [0.1, 0.15) is 12.0 Å². The summed E-state index contributed by atoms with van der Waals surface area (Å²) in [5.74, 6) is -0.397. The Kier molecular flexibility index (Phi) is 2.99. The molecular formula is C16H14N2O2. The topological polar surface area (TPSA) is 51.1 Å². The molecular weight excluding hydrogens is 252 g/mol. The molecule has 0 saturated carbocycles. The number of carbonyl (C=O) groups is 2. The maximum atomic E-state index is 11.7. The van der Waals surface area contributed by atoms with Gasteiger partial charge in [-0.3, -0.25) is 9.59 Å². The van der Waals surface area contributed by atoms with E-state index in [1.54, 1.807) is 6.08 Å². The minimum atomic E-state index is -0.240. The Labute approximate surface area is 116 Å². The average Bonchev–Trinajstić information content (AvgIpc) is 2.93. The molecule has 20 heavy (non-hydrogen) atoms. The minimum absolute atomic E-state index is 0.0584. The minimum Gasteiger partial charge on any atom is -0.343 e. The van der Waals surface area contributed by atoms with Crippen LogP contribution in [0.3, 0.4) is 0 Å². The molecule has 4 nitrogen and oxygen atoms in total. The van der Waals surface area contributed by atoms with Crippen LogP contribution in [-0.2, 0) is 16.1 Å². The first kappa shape index (κ1) is 12.4. The molecule has 1 fully saturated rings. The predicted molar refractivity (Wildman–Crippen MR) is 77.9 cm³/mol. The number of nitrogens with one attached hydrogen (secondary N) is 1. The standard InChI is InChI=1S/C16H14N2O2/c1-2-7-18-10-11(12-5-3-4-6-14(12)18)8-13-15(19)9-16(20)17-13/h2-6,8,10H,1,7,9H2,(H,17,20)/b13-8+. The summed E-state index contributed by atoms with van der Waals surface area (Å²) < 4.78 is 2.07. The number of para-hydroxylation sites is 1. The van der Waals surface area contributed by atoms with Crippen LogP contribution in [-0.4, -0.2) is 16.3 Å². The molecule has 0 spiro atoms. The number of aromatic nitrogens is 1. The summed E-state index contributed by atoms with van der Waals surface area (Å²) in [5, 5.41) is 3.65. The zero-order valence-electron chi connectivity index (χ0n) is 10.9. The zero-order chi connectivity index (χ0) is 14.1. The molecule has 1 aromatic carbocycles. The molecule has 100 valence electrons. The molecule has 1 saturated heterocycles. The predicted octanol–water partition coefficient (Wildman–Crippen LogP) is 2.26. The number of hydrogen-bond donors (Lipinski definition) is 1. The fourth-order valence-corrected chi connectivity index (χ4v) is 2.46. The molecule has 1 aliphatic heterocycles. The lowest BCUT2D eigenvalue weighted by Gasteiger charge is -1.98. The van der Waals surface area contributed by atoms with E-state index < -0.39 is 0 Å². The summed E-state index contributed by atoms with van der Waals surface area (Å²) in [4.78, 5) is 22.9. The third-order valence-corrected chi connectivity index (χ3v) is 3.34. The SMILES string of the molecule is C=CCn1cc(/C=C2/NC(=O)CC2=O)c2ccccc21. The van der Waals surface area contributed by atoms with Gasteiger partial charge in [-0.1, -0.05) is 24.3 Å². The molecule has 1 aromatic heterocycles. The number of Topliss-reactive ketones (excluding diaryl/α,β-unsaturated/α-hetero) is 1. The average molecular weight is 266 g/mol. The van der Waals surface area contributed by atoms with Gasteiger partial charge in [-0.25, -0.2) is 0 Å². The van der Waals surface area contributed by atoms with Gasteiger partial charge in [0.05, 0.1) is 12.1 Å². The van der Waals surface area contributed by atoms with Crippen molar-refractivity contribution >= 4 is 28.7 Å². The second-order valence-electron chi connectivity index (χ2n) is 4.75. The van der Waals surface area contributed by atoms with Crippen molar-refractivity contribution in [3.63, 3.8) is 0 Å². The Bertz CT molecular complexity index is 753. The summed E-state index contributed by atoms with van der Waals surface area (Å²) in [6, 6.07) is 7.96. The maximum absolute atomic E-state index is 11.7. The van der Waals surface area contributed by atoms with E-state index in [0.29, 0.717) is 12.2 Å². The van der Waals surface area contributed by atoms with Crippen molar-refractivity contribution in [3.05, 3.63) is 54.4 Å². The molecule has 1 N–H and O–H groups in total. The van der Waals surface area contributed by atoms with Crippen molar-refractivity contribution in [1.29, 1.82) is 0 Å². The van der Waals surface area contributed by atoms with Crippen LogP contribution in [0.2, 0.25) is 0 Å². The highest BCUT2D eigenvalue weighted by Crippen LogP contribution is 2.24. The Morgan fingerprint density at radius 1 is 1.30 bits per heavy atom. The third-order valence-electron chi connectivity index (χ3n) is 3.34. The molecule has 1 aliphatic rings. The van der Waals surface area contributed by atoms with Crippen molar-refractivity contribution in [2.24, 2.45) is 0 Å². The van der Waals surface area contributed by atoms with Crippen LogP contribution in [0.4, 0.5) is 0 Å². The van der Waals surface area contributed by atoms with E-state index in [2.05, 4.69) is 16.5 Å². The van der Waals surface area contributed by atoms with Gasteiger partial charge in [0.25, 0.3) is 0 Å². The van der Waals surface area contributed by atoms with Gasteiger partial charge in [0, 0.05) is 29.2 Å². The normalized spacial score (nSPS) is 16.9. The Morgan fingerprint density at radius 2 is 2.10 bits per heavy atom. The van der Waals surface area contributed by atoms with E-state index in [1.807, 2.05) is 36.5 Å². The van der Waals surface area contributed by atoms with Gasteiger partial charge in [-0.2, -0.15) is 0 Å². The van der Waals surface area contributed by atoms with Gasteiger partial charge in [-0.15, -0.1) is 6.58 Å². The first-order chi connectivity index (χ1) is 9.69. The van der Waals surface area contributed by atoms with Crippen LogP contribution < -0.4 is 5.32 Å². The Morgan fingerprint density at radius 3 is 2.80 bits per heavy atom. The van der Waals surface area contributed by atoms with Crippen molar-refractivity contribution in [2.75, 3.05) is 0 Å². The maximum Gasteiger partial charge on any atom is 0.232 e. The quantitative estimate of drug-likeness (QED) is 0.526. The summed E-state index contributed by atoms with van der Waals surface area (Å²) in [5.41, 5.74) is 2.38. The largest absolute Gasteiger partial charge is 0.343 e. The Balaban J connectivity index is 2.12. The summed E-state index contributed by atoms with van der Waals surface area (Å²) in [6.07, 6.45) is 5.48. The van der Waals surface area contributed by atoms with E-state index in [-0.39, 0.29) is 18.1 Å². The fourth-order valence-electron chi connectivity index (χ4n) is 2.46. The molecule has 3 rings (SSSR count). The number of amides is 1. The molecule has 2 heterocycles. The molecule has 0 radical (unpaired) electrons. The molecule has 0 bridgehead atoms. The van der Waals surface area contributed by atoms with Gasteiger partial charge in [0.2, 0.25) is 5.91 Å². The smallest absolute Gasteiger partial charge is 0.232 e. The highest BCUT2D eigenvalue weighted by Gasteiger charge is 2.24.